The fourth-order valence-corrected chi connectivity index (χ4v) is 4.75. The molecule has 2 aromatic heterocycles. The molecule has 0 spiro atoms. The maximum absolute atomic E-state index is 10.1. The summed E-state index contributed by atoms with van der Waals surface area (Å²) in [6, 6.07) is 18.1. The second-order valence-corrected chi connectivity index (χ2v) is 10.2. The van der Waals surface area contributed by atoms with Crippen molar-refractivity contribution in [1.82, 2.24) is 29.7 Å². The van der Waals surface area contributed by atoms with Crippen LogP contribution >= 0.6 is 12.4 Å². The second-order valence-electron chi connectivity index (χ2n) is 10.2. The van der Waals surface area contributed by atoms with E-state index in [2.05, 4.69) is 45.3 Å². The number of aromatic nitrogens is 4. The summed E-state index contributed by atoms with van der Waals surface area (Å²) in [5.74, 6) is 1.81. The summed E-state index contributed by atoms with van der Waals surface area (Å²) >= 11 is 0. The third kappa shape index (κ3) is 5.98. The highest BCUT2D eigenvalue weighted by molar-refractivity contribution is 5.85. The van der Waals surface area contributed by atoms with Crippen molar-refractivity contribution in [3.63, 3.8) is 0 Å². The van der Waals surface area contributed by atoms with Crippen LogP contribution in [0, 0.1) is 11.3 Å². The monoisotopic (exact) mass is 545 g/mol. The minimum atomic E-state index is -0.202. The van der Waals surface area contributed by atoms with Gasteiger partial charge < -0.3 is 19.4 Å². The van der Waals surface area contributed by atoms with Crippen molar-refractivity contribution < 1.29 is 9.47 Å². The molecule has 1 saturated heterocycles. The minimum Gasteiger partial charge on any atom is -0.492 e. The van der Waals surface area contributed by atoms with E-state index in [1.165, 1.54) is 6.33 Å². The topological polar surface area (TPSA) is 101 Å². The molecule has 6 rings (SSSR count). The molecule has 0 bridgehead atoms. The fourth-order valence-electron chi connectivity index (χ4n) is 4.75. The smallest absolute Gasteiger partial charge is 0.245 e. The van der Waals surface area contributed by atoms with Crippen molar-refractivity contribution in [2.24, 2.45) is 0 Å². The lowest BCUT2D eigenvalue weighted by Crippen LogP contribution is -2.44. The number of ether oxygens (including phenoxy) is 2. The lowest BCUT2D eigenvalue weighted by molar-refractivity contribution is 0.191. The van der Waals surface area contributed by atoms with Crippen molar-refractivity contribution in [3.8, 4) is 29.1 Å². The molecule has 4 aromatic rings. The van der Waals surface area contributed by atoms with Crippen LogP contribution in [0.2, 0.25) is 0 Å². The van der Waals surface area contributed by atoms with Crippen LogP contribution in [0.3, 0.4) is 0 Å². The number of halogens is 1. The first kappa shape index (κ1) is 26.9. The second kappa shape index (κ2) is 11.6. The minimum absolute atomic E-state index is 0. The van der Waals surface area contributed by atoms with E-state index >= 15 is 0 Å². The van der Waals surface area contributed by atoms with Gasteiger partial charge in [-0.15, -0.1) is 12.4 Å². The average molecular weight is 546 g/mol. The molecular weight excluding hydrogens is 514 g/mol. The van der Waals surface area contributed by atoms with Gasteiger partial charge in [-0.3, -0.25) is 4.90 Å². The number of rotatable bonds is 9. The number of benzene rings is 2. The Bertz CT molecular complexity index is 1470. The number of nitriles is 1. The van der Waals surface area contributed by atoms with E-state index in [0.717, 1.165) is 56.7 Å². The molecule has 0 amide bonds. The zero-order valence-corrected chi connectivity index (χ0v) is 22.8. The van der Waals surface area contributed by atoms with Crippen molar-refractivity contribution in [3.05, 3.63) is 66.0 Å². The Labute approximate surface area is 234 Å². The van der Waals surface area contributed by atoms with Gasteiger partial charge in [0, 0.05) is 38.3 Å². The summed E-state index contributed by atoms with van der Waals surface area (Å²) in [5, 5.41) is 13.5. The normalized spacial score (nSPS) is 16.3. The number of piperazine rings is 1. The third-order valence-corrected chi connectivity index (χ3v) is 7.22. The number of hydrogen-bond donors (Lipinski definition) is 1. The molecule has 202 valence electrons. The summed E-state index contributed by atoms with van der Waals surface area (Å²) in [5.41, 5.74) is 3.41. The molecule has 1 aliphatic carbocycles. The molecule has 1 saturated carbocycles. The number of nitrogens with zero attached hydrogens (tertiary/aromatic N) is 6. The van der Waals surface area contributed by atoms with Gasteiger partial charge in [-0.25, -0.2) is 9.97 Å². The van der Waals surface area contributed by atoms with E-state index in [9.17, 15) is 5.26 Å². The van der Waals surface area contributed by atoms with Crippen LogP contribution in [0.15, 0.2) is 54.9 Å². The SMILES string of the molecule is CC1(Oc2ncnc3c2nc(-c2ccc(OCCN4CCNCC4)cc2C#N)n3Cc2ccccc2)CC1.Cl. The Morgan fingerprint density at radius 1 is 1.08 bits per heavy atom. The van der Waals surface area contributed by atoms with E-state index < -0.39 is 0 Å². The Kier molecular flexibility index (Phi) is 7.98. The largest absolute Gasteiger partial charge is 0.492 e. The molecule has 1 aliphatic heterocycles. The highest BCUT2D eigenvalue weighted by Gasteiger charge is 2.41. The average Bonchev–Trinajstić information content (AvgIpc) is 3.57. The molecule has 3 heterocycles. The van der Waals surface area contributed by atoms with Gasteiger partial charge in [-0.1, -0.05) is 30.3 Å². The van der Waals surface area contributed by atoms with E-state index in [-0.39, 0.29) is 18.0 Å². The van der Waals surface area contributed by atoms with Crippen molar-refractivity contribution in [2.75, 3.05) is 39.3 Å². The summed E-state index contributed by atoms with van der Waals surface area (Å²) in [6.07, 6.45) is 3.51. The van der Waals surface area contributed by atoms with Gasteiger partial charge >= 0.3 is 0 Å². The molecule has 0 unspecified atom stereocenters. The molecule has 1 N–H and O–H groups in total. The predicted molar refractivity (Wildman–Crippen MR) is 151 cm³/mol. The summed E-state index contributed by atoms with van der Waals surface area (Å²) in [6.45, 7) is 8.13. The Morgan fingerprint density at radius 3 is 2.62 bits per heavy atom. The van der Waals surface area contributed by atoms with Gasteiger partial charge in [0.15, 0.2) is 11.2 Å². The van der Waals surface area contributed by atoms with Gasteiger partial charge in [0.05, 0.1) is 12.1 Å². The predicted octanol–water partition coefficient (Wildman–Crippen LogP) is 4.05. The van der Waals surface area contributed by atoms with E-state index in [0.29, 0.717) is 47.3 Å². The third-order valence-electron chi connectivity index (χ3n) is 7.22. The van der Waals surface area contributed by atoms with Crippen LogP contribution in [-0.4, -0.2) is 69.4 Å². The fraction of sp³-hybridized carbons (Fsp3) is 0.379. The van der Waals surface area contributed by atoms with Gasteiger partial charge in [0.25, 0.3) is 0 Å². The first-order valence-electron chi connectivity index (χ1n) is 13.2. The first-order valence-corrected chi connectivity index (χ1v) is 13.2. The van der Waals surface area contributed by atoms with Crippen LogP contribution < -0.4 is 14.8 Å². The lowest BCUT2D eigenvalue weighted by atomic mass is 10.1. The quantitative estimate of drug-likeness (QED) is 0.336. The molecular formula is C29H32ClN7O2. The number of nitrogens with one attached hydrogen (secondary N) is 1. The molecule has 2 aliphatic rings. The highest BCUT2D eigenvalue weighted by Crippen LogP contribution is 2.41. The van der Waals surface area contributed by atoms with Crippen LogP contribution in [0.25, 0.3) is 22.6 Å². The molecule has 10 heteroatoms. The molecule has 2 aromatic carbocycles. The number of hydrogen-bond acceptors (Lipinski definition) is 8. The number of fused-ring (bicyclic) bond motifs is 1. The molecule has 39 heavy (non-hydrogen) atoms. The van der Waals surface area contributed by atoms with Crippen LogP contribution in [0.4, 0.5) is 0 Å². The maximum Gasteiger partial charge on any atom is 0.245 e. The maximum atomic E-state index is 10.1. The molecule has 0 radical (unpaired) electrons. The Balaban J connectivity index is 0.00000308. The summed E-state index contributed by atoms with van der Waals surface area (Å²) < 4.78 is 14.3. The first-order chi connectivity index (χ1) is 18.6. The van der Waals surface area contributed by atoms with E-state index in [1.54, 1.807) is 6.07 Å². The molecule has 2 fully saturated rings. The highest BCUT2D eigenvalue weighted by atomic mass is 35.5. The van der Waals surface area contributed by atoms with Gasteiger partial charge in [-0.05, 0) is 43.5 Å². The lowest BCUT2D eigenvalue weighted by Gasteiger charge is -2.26. The summed E-state index contributed by atoms with van der Waals surface area (Å²) in [7, 11) is 0. The van der Waals surface area contributed by atoms with Crippen LogP contribution in [-0.2, 0) is 6.54 Å². The van der Waals surface area contributed by atoms with Crippen LogP contribution in [0.5, 0.6) is 11.6 Å². The summed E-state index contributed by atoms with van der Waals surface area (Å²) in [4.78, 5) is 16.3. The van der Waals surface area contributed by atoms with Gasteiger partial charge in [-0.2, -0.15) is 10.2 Å². The zero-order valence-electron chi connectivity index (χ0n) is 22.0. The number of imidazole rings is 1. The molecule has 9 nitrogen and oxygen atoms in total. The van der Waals surface area contributed by atoms with Crippen molar-refractivity contribution >= 4 is 23.6 Å². The van der Waals surface area contributed by atoms with Crippen molar-refractivity contribution in [1.29, 1.82) is 5.26 Å². The standard InChI is InChI=1S/C29H31N7O2.ClH/c1-29(9-10-29)38-28-25-27(32-20-33-28)36(19-21-5-3-2-4-6-21)26(34-25)24-8-7-23(17-22(24)18-30)37-16-15-35-13-11-31-12-14-35;/h2-8,17,20,31H,9-16,19H2,1H3;1H. The van der Waals surface area contributed by atoms with Crippen LogP contribution in [0.1, 0.15) is 30.9 Å². The Morgan fingerprint density at radius 2 is 1.87 bits per heavy atom. The van der Waals surface area contributed by atoms with E-state index in [1.807, 2.05) is 34.9 Å². The Hall–Kier alpha value is -3.71. The zero-order chi connectivity index (χ0) is 26.0. The van der Waals surface area contributed by atoms with Gasteiger partial charge in [0.1, 0.15) is 36.2 Å². The van der Waals surface area contributed by atoms with Crippen molar-refractivity contribution in [2.45, 2.75) is 31.9 Å². The van der Waals surface area contributed by atoms with E-state index in [4.69, 9.17) is 14.5 Å². The molecule has 0 atom stereocenters. The van der Waals surface area contributed by atoms with Gasteiger partial charge in [0.2, 0.25) is 5.88 Å².